The number of carbonyl (C=O) groups is 1. The van der Waals surface area contributed by atoms with Crippen LogP contribution in [0.3, 0.4) is 0 Å². The Morgan fingerprint density at radius 3 is 2.67 bits per heavy atom. The third kappa shape index (κ3) is 3.36. The third-order valence-electron chi connectivity index (χ3n) is 2.49. The number of hydrogen-bond donors (Lipinski definition) is 1. The number of amides is 1. The molecule has 0 saturated carbocycles. The van der Waals surface area contributed by atoms with E-state index in [9.17, 15) is 4.79 Å². The summed E-state index contributed by atoms with van der Waals surface area (Å²) >= 11 is 8.29. The number of benzene rings is 2. The molecule has 0 spiro atoms. The first-order valence-electron chi connectivity index (χ1n) is 5.47. The SMILES string of the molecule is O=C(NCc1cccc(Cl)c1)c1ccccc1[SeH]. The molecule has 0 aromatic heterocycles. The molecule has 0 bridgehead atoms. The molecule has 0 saturated heterocycles. The fourth-order valence-electron chi connectivity index (χ4n) is 1.59. The van der Waals surface area contributed by atoms with Gasteiger partial charge in [-0.15, -0.1) is 0 Å². The number of carbonyl (C=O) groups excluding carboxylic acids is 1. The van der Waals surface area contributed by atoms with E-state index in [0.717, 1.165) is 10.0 Å². The molecule has 0 aliphatic heterocycles. The van der Waals surface area contributed by atoms with Crippen LogP contribution in [0.25, 0.3) is 0 Å². The zero-order valence-electron chi connectivity index (χ0n) is 9.56. The molecular formula is C14H12ClNOSe. The van der Waals surface area contributed by atoms with Crippen molar-refractivity contribution in [2.24, 2.45) is 0 Å². The van der Waals surface area contributed by atoms with E-state index in [0.29, 0.717) is 17.1 Å². The molecule has 0 atom stereocenters. The summed E-state index contributed by atoms with van der Waals surface area (Å²) in [6, 6.07) is 14.9. The summed E-state index contributed by atoms with van der Waals surface area (Å²) in [5, 5.41) is 3.55. The van der Waals surface area contributed by atoms with Crippen LogP contribution in [-0.4, -0.2) is 21.9 Å². The number of nitrogens with one attached hydrogen (secondary N) is 1. The van der Waals surface area contributed by atoms with Crippen LogP contribution in [0.4, 0.5) is 0 Å². The van der Waals surface area contributed by atoms with Crippen LogP contribution in [0.15, 0.2) is 48.5 Å². The second-order valence-electron chi connectivity index (χ2n) is 3.83. The molecule has 0 unspecified atom stereocenters. The predicted octanol–water partition coefficient (Wildman–Crippen LogP) is 1.80. The number of hydrogen-bond acceptors (Lipinski definition) is 1. The van der Waals surface area contributed by atoms with E-state index < -0.39 is 0 Å². The van der Waals surface area contributed by atoms with Gasteiger partial charge in [0, 0.05) is 0 Å². The van der Waals surface area contributed by atoms with Crippen LogP contribution in [0.1, 0.15) is 15.9 Å². The van der Waals surface area contributed by atoms with Gasteiger partial charge in [-0.1, -0.05) is 0 Å². The Hall–Kier alpha value is -1.28. The van der Waals surface area contributed by atoms with Gasteiger partial charge >= 0.3 is 119 Å². The molecule has 92 valence electrons. The van der Waals surface area contributed by atoms with Gasteiger partial charge in [0.25, 0.3) is 0 Å². The van der Waals surface area contributed by atoms with Crippen LogP contribution in [0.5, 0.6) is 0 Å². The van der Waals surface area contributed by atoms with Crippen LogP contribution in [0, 0.1) is 0 Å². The molecule has 4 heteroatoms. The zero-order chi connectivity index (χ0) is 13.0. The van der Waals surface area contributed by atoms with Gasteiger partial charge in [-0.3, -0.25) is 0 Å². The standard InChI is InChI=1S/C14H12ClNOSe/c15-11-5-3-4-10(8-11)9-16-14(17)12-6-1-2-7-13(12)18/h1-8,18H,9H2,(H,16,17). The summed E-state index contributed by atoms with van der Waals surface area (Å²) in [7, 11) is 0. The molecule has 2 aromatic rings. The summed E-state index contributed by atoms with van der Waals surface area (Å²) in [6.45, 7) is 0.473. The molecule has 2 nitrogen and oxygen atoms in total. The molecule has 0 heterocycles. The third-order valence-corrected chi connectivity index (χ3v) is 3.54. The molecule has 0 aliphatic rings. The summed E-state index contributed by atoms with van der Waals surface area (Å²) < 4.78 is 0.911. The average Bonchev–Trinajstić information content (AvgIpc) is 2.37. The summed E-state index contributed by atoms with van der Waals surface area (Å²) in [5.74, 6) is -0.0776. The predicted molar refractivity (Wildman–Crippen MR) is 75.8 cm³/mol. The van der Waals surface area contributed by atoms with Gasteiger partial charge in [0.1, 0.15) is 0 Å². The van der Waals surface area contributed by atoms with Crippen molar-refractivity contribution in [3.63, 3.8) is 0 Å². The van der Waals surface area contributed by atoms with Gasteiger partial charge in [-0.25, -0.2) is 0 Å². The first kappa shape index (κ1) is 13.2. The van der Waals surface area contributed by atoms with Crippen molar-refractivity contribution in [2.45, 2.75) is 6.54 Å². The summed E-state index contributed by atoms with van der Waals surface area (Å²) in [5.41, 5.74) is 1.67. The molecule has 1 N–H and O–H groups in total. The Balaban J connectivity index is 2.03. The quantitative estimate of drug-likeness (QED) is 0.857. The molecule has 0 radical (unpaired) electrons. The van der Waals surface area contributed by atoms with Gasteiger partial charge in [0.2, 0.25) is 0 Å². The topological polar surface area (TPSA) is 29.1 Å². The first-order valence-corrected chi connectivity index (χ1v) is 6.79. The Morgan fingerprint density at radius 1 is 1.17 bits per heavy atom. The van der Waals surface area contributed by atoms with Crippen molar-refractivity contribution < 1.29 is 4.79 Å². The van der Waals surface area contributed by atoms with E-state index in [-0.39, 0.29) is 5.91 Å². The molecule has 2 aromatic carbocycles. The van der Waals surface area contributed by atoms with Gasteiger partial charge in [0.15, 0.2) is 0 Å². The summed E-state index contributed by atoms with van der Waals surface area (Å²) in [6.07, 6.45) is 0. The van der Waals surface area contributed by atoms with E-state index in [4.69, 9.17) is 11.6 Å². The average molecular weight is 325 g/mol. The van der Waals surface area contributed by atoms with Crippen LogP contribution >= 0.6 is 11.6 Å². The maximum atomic E-state index is 12.0. The molecule has 2 rings (SSSR count). The Bertz CT molecular complexity index is 571. The van der Waals surface area contributed by atoms with E-state index in [1.54, 1.807) is 6.07 Å². The monoisotopic (exact) mass is 325 g/mol. The molecule has 0 aliphatic carbocycles. The number of rotatable bonds is 3. The van der Waals surface area contributed by atoms with Crippen LogP contribution < -0.4 is 9.78 Å². The van der Waals surface area contributed by atoms with Gasteiger partial charge in [0.05, 0.1) is 0 Å². The van der Waals surface area contributed by atoms with Gasteiger partial charge in [-0.2, -0.15) is 0 Å². The van der Waals surface area contributed by atoms with Gasteiger partial charge in [-0.05, 0) is 0 Å². The summed E-state index contributed by atoms with van der Waals surface area (Å²) in [4.78, 5) is 12.0. The maximum absolute atomic E-state index is 12.0. The zero-order valence-corrected chi connectivity index (χ0v) is 12.2. The Morgan fingerprint density at radius 2 is 1.94 bits per heavy atom. The van der Waals surface area contributed by atoms with Crippen LogP contribution in [-0.2, 0) is 6.54 Å². The van der Waals surface area contributed by atoms with E-state index >= 15 is 0 Å². The number of halogens is 1. The fourth-order valence-corrected chi connectivity index (χ4v) is 2.35. The Kier molecular flexibility index (Phi) is 4.43. The van der Waals surface area contributed by atoms with Crippen molar-refractivity contribution >= 4 is 38.0 Å². The Labute approximate surface area is 119 Å². The normalized spacial score (nSPS) is 10.1. The van der Waals surface area contributed by atoms with E-state index in [1.165, 1.54) is 0 Å². The van der Waals surface area contributed by atoms with Crippen molar-refractivity contribution in [1.82, 2.24) is 5.32 Å². The molecule has 18 heavy (non-hydrogen) atoms. The van der Waals surface area contributed by atoms with Crippen molar-refractivity contribution in [3.8, 4) is 0 Å². The molecular weight excluding hydrogens is 313 g/mol. The van der Waals surface area contributed by atoms with Crippen molar-refractivity contribution in [2.75, 3.05) is 0 Å². The second-order valence-corrected chi connectivity index (χ2v) is 5.28. The van der Waals surface area contributed by atoms with Crippen LogP contribution in [0.2, 0.25) is 5.02 Å². The molecule has 0 fully saturated rings. The van der Waals surface area contributed by atoms with Crippen molar-refractivity contribution in [3.05, 3.63) is 64.7 Å². The van der Waals surface area contributed by atoms with E-state index in [2.05, 4.69) is 21.3 Å². The fraction of sp³-hybridized carbons (Fsp3) is 0.0714. The minimum atomic E-state index is -0.0776. The second kappa shape index (κ2) is 6.05. The first-order chi connectivity index (χ1) is 8.66. The van der Waals surface area contributed by atoms with Crippen molar-refractivity contribution in [1.29, 1.82) is 0 Å². The minimum absolute atomic E-state index is 0.0776. The van der Waals surface area contributed by atoms with Gasteiger partial charge < -0.3 is 0 Å². The molecule has 1 amide bonds. The van der Waals surface area contributed by atoms with E-state index in [1.807, 2.05) is 42.5 Å².